The molecule has 1 aromatic heterocycles. The number of hydrogen-bond acceptors (Lipinski definition) is 9. The molecule has 14 nitrogen and oxygen atoms in total. The lowest BCUT2D eigenvalue weighted by molar-refractivity contribution is -0.140. The number of nitrogens with zero attached hydrogens (tertiary/aromatic N) is 5. The van der Waals surface area contributed by atoms with E-state index in [1.807, 2.05) is 0 Å². The van der Waals surface area contributed by atoms with Crippen LogP contribution < -0.4 is 10.1 Å². The van der Waals surface area contributed by atoms with Gasteiger partial charge in [-0.1, -0.05) is 11.6 Å². The summed E-state index contributed by atoms with van der Waals surface area (Å²) in [7, 11) is 2.68. The van der Waals surface area contributed by atoms with Gasteiger partial charge in [-0.2, -0.15) is 4.39 Å². The number of halogens is 3. The van der Waals surface area contributed by atoms with Crippen LogP contribution in [-0.4, -0.2) is 122 Å². The van der Waals surface area contributed by atoms with Crippen molar-refractivity contribution in [1.29, 1.82) is 0 Å². The first kappa shape index (κ1) is 36.5. The number of aromatic nitrogens is 2. The molecule has 0 saturated carbocycles. The van der Waals surface area contributed by atoms with Crippen LogP contribution in [0.2, 0.25) is 5.02 Å². The molecule has 2 fully saturated rings. The molecule has 3 aromatic rings. The average Bonchev–Trinajstić information content (AvgIpc) is 3.59. The molecule has 3 atom stereocenters. The maximum absolute atomic E-state index is 14.7. The van der Waals surface area contributed by atoms with E-state index in [0.717, 1.165) is 4.90 Å². The van der Waals surface area contributed by atoms with Gasteiger partial charge in [-0.25, -0.2) is 14.2 Å². The van der Waals surface area contributed by atoms with Crippen molar-refractivity contribution in [1.82, 2.24) is 24.3 Å². The topological polar surface area (TPSA) is 167 Å². The molecule has 268 valence electrons. The van der Waals surface area contributed by atoms with Crippen molar-refractivity contribution < 1.29 is 47.6 Å². The molecule has 0 aliphatic carbocycles. The second-order valence-electron chi connectivity index (χ2n) is 12.9. The summed E-state index contributed by atoms with van der Waals surface area (Å²) in [5.74, 6) is -4.37. The van der Waals surface area contributed by atoms with Crippen molar-refractivity contribution in [3.8, 4) is 17.0 Å². The van der Waals surface area contributed by atoms with E-state index in [1.54, 1.807) is 20.8 Å². The molecule has 50 heavy (non-hydrogen) atoms. The molecule has 3 N–H and O–H groups in total. The largest absolute Gasteiger partial charge is 0.494 e. The second kappa shape index (κ2) is 14.2. The third kappa shape index (κ3) is 7.22. The van der Waals surface area contributed by atoms with Crippen LogP contribution in [-0.2, 0) is 16.6 Å². The smallest absolute Gasteiger partial charge is 0.411 e. The Hall–Kier alpha value is -4.80. The SMILES string of the molecule is COc1ccc(-c2cnc(C(=O)Nc3ccc(C(=O)N4CCN(C(=O)[C@@H]5[C@@H](O)[C@@H](O)CN5C(=O)OC(C)(C)C)CC4)c(Cl)c3)n2C)c(F)c1F. The van der Waals surface area contributed by atoms with E-state index >= 15 is 0 Å². The highest BCUT2D eigenvalue weighted by atomic mass is 35.5. The van der Waals surface area contributed by atoms with E-state index in [0.29, 0.717) is 0 Å². The van der Waals surface area contributed by atoms with Gasteiger partial charge >= 0.3 is 6.09 Å². The van der Waals surface area contributed by atoms with Gasteiger partial charge in [0.05, 0.1) is 36.1 Å². The van der Waals surface area contributed by atoms with E-state index in [-0.39, 0.29) is 71.8 Å². The van der Waals surface area contributed by atoms with Crippen LogP contribution in [0.3, 0.4) is 0 Å². The van der Waals surface area contributed by atoms with Gasteiger partial charge < -0.3 is 39.4 Å². The normalized spacial score (nSPS) is 19.4. The number of nitrogens with one attached hydrogen (secondary N) is 1. The molecule has 0 bridgehead atoms. The van der Waals surface area contributed by atoms with Gasteiger partial charge in [-0.15, -0.1) is 0 Å². The van der Waals surface area contributed by atoms with Gasteiger partial charge in [-0.05, 0) is 51.1 Å². The lowest BCUT2D eigenvalue weighted by Gasteiger charge is -2.38. The highest BCUT2D eigenvalue weighted by Gasteiger charge is 2.49. The number of benzene rings is 2. The maximum Gasteiger partial charge on any atom is 0.411 e. The third-order valence-electron chi connectivity index (χ3n) is 8.39. The van der Waals surface area contributed by atoms with Crippen LogP contribution in [0.1, 0.15) is 41.7 Å². The van der Waals surface area contributed by atoms with E-state index in [2.05, 4.69) is 10.3 Å². The zero-order chi connectivity index (χ0) is 36.7. The summed E-state index contributed by atoms with van der Waals surface area (Å²) in [5.41, 5.74) is -0.443. The lowest BCUT2D eigenvalue weighted by atomic mass is 10.1. The molecule has 2 saturated heterocycles. The summed E-state index contributed by atoms with van der Waals surface area (Å²) >= 11 is 6.46. The number of aliphatic hydroxyl groups is 2. The fraction of sp³-hybridized carbons (Fsp3) is 0.424. The van der Waals surface area contributed by atoms with Crippen LogP contribution in [0, 0.1) is 11.6 Å². The summed E-state index contributed by atoms with van der Waals surface area (Å²) in [6.07, 6.45) is -2.43. The Bertz CT molecular complexity index is 1820. The van der Waals surface area contributed by atoms with E-state index < -0.39 is 59.3 Å². The zero-order valence-electron chi connectivity index (χ0n) is 27.9. The number of ether oxygens (including phenoxy) is 2. The summed E-state index contributed by atoms with van der Waals surface area (Å²) in [4.78, 5) is 60.6. The van der Waals surface area contributed by atoms with Crippen molar-refractivity contribution in [3.05, 3.63) is 64.6 Å². The molecular weight excluding hydrogens is 682 g/mol. The highest BCUT2D eigenvalue weighted by molar-refractivity contribution is 6.34. The predicted octanol–water partition coefficient (Wildman–Crippen LogP) is 2.91. The Morgan fingerprint density at radius 3 is 2.28 bits per heavy atom. The number of amides is 4. The van der Waals surface area contributed by atoms with Crippen LogP contribution >= 0.6 is 11.6 Å². The van der Waals surface area contributed by atoms with Gasteiger partial charge in [0.2, 0.25) is 11.7 Å². The third-order valence-corrected chi connectivity index (χ3v) is 8.70. The van der Waals surface area contributed by atoms with E-state index in [1.165, 1.54) is 65.1 Å². The van der Waals surface area contributed by atoms with E-state index in [4.69, 9.17) is 21.1 Å². The number of hydrogen-bond donors (Lipinski definition) is 3. The Morgan fingerprint density at radius 1 is 1.00 bits per heavy atom. The maximum atomic E-state index is 14.7. The van der Waals surface area contributed by atoms with Crippen molar-refractivity contribution in [2.24, 2.45) is 7.05 Å². The number of β-amino-alcohol motifs (C(OH)–C–C–N with tert-alkyl or cyclic N) is 1. The van der Waals surface area contributed by atoms with Gasteiger partial charge in [-0.3, -0.25) is 19.3 Å². The summed E-state index contributed by atoms with van der Waals surface area (Å²) in [5, 5.41) is 23.4. The van der Waals surface area contributed by atoms with Crippen molar-refractivity contribution in [3.63, 3.8) is 0 Å². The predicted molar refractivity (Wildman–Crippen MR) is 176 cm³/mol. The number of likely N-dealkylation sites (tertiary alicyclic amines) is 1. The minimum Gasteiger partial charge on any atom is -0.494 e. The van der Waals surface area contributed by atoms with Crippen molar-refractivity contribution in [2.75, 3.05) is 45.2 Å². The number of aliphatic hydroxyl groups excluding tert-OH is 2. The number of carbonyl (C=O) groups excluding carboxylic acids is 4. The Labute approximate surface area is 291 Å². The summed E-state index contributed by atoms with van der Waals surface area (Å²) in [6, 6.07) is 5.52. The molecule has 2 aliphatic rings. The zero-order valence-corrected chi connectivity index (χ0v) is 28.7. The van der Waals surface area contributed by atoms with Crippen LogP contribution in [0.5, 0.6) is 5.75 Å². The minimum atomic E-state index is -1.51. The van der Waals surface area contributed by atoms with Crippen LogP contribution in [0.15, 0.2) is 36.5 Å². The van der Waals surface area contributed by atoms with E-state index in [9.17, 15) is 38.2 Å². The molecule has 0 unspecified atom stereocenters. The van der Waals surface area contributed by atoms with Crippen LogP contribution in [0.25, 0.3) is 11.3 Å². The number of rotatable bonds is 6. The fourth-order valence-corrected chi connectivity index (χ4v) is 6.07. The van der Waals surface area contributed by atoms with Crippen molar-refractivity contribution in [2.45, 2.75) is 44.6 Å². The van der Waals surface area contributed by atoms with Gasteiger partial charge in [0.1, 0.15) is 23.9 Å². The standard InChI is InChI=1S/C33H37ClF2N6O8/c1-33(2,3)50-32(48)42-16-22(43)27(44)26(42)31(47)41-12-10-40(11-13-41)30(46)18-7-6-17(14-20(18)34)38-29(45)28-37-15-21(39(28)4)19-8-9-23(49-5)25(36)24(19)35/h6-9,14-15,22,26-27,43-44H,10-13,16H2,1-5H3,(H,38,45)/t22-,26-,27-/m0/s1. The number of carbonyl (C=O) groups is 4. The summed E-state index contributed by atoms with van der Waals surface area (Å²) < 4.78 is 40.4. The number of piperazine rings is 1. The van der Waals surface area contributed by atoms with Crippen molar-refractivity contribution >= 4 is 41.1 Å². The molecule has 0 radical (unpaired) electrons. The first-order valence-corrected chi connectivity index (χ1v) is 16.0. The van der Waals surface area contributed by atoms with Gasteiger partial charge in [0.15, 0.2) is 17.4 Å². The minimum absolute atomic E-state index is 0.0404. The number of methoxy groups -OCH3 is 1. The molecule has 0 spiro atoms. The second-order valence-corrected chi connectivity index (χ2v) is 13.3. The van der Waals surface area contributed by atoms with Crippen LogP contribution in [0.4, 0.5) is 19.3 Å². The fourth-order valence-electron chi connectivity index (χ4n) is 5.80. The Morgan fingerprint density at radius 2 is 1.66 bits per heavy atom. The molecular formula is C33H37ClF2N6O8. The van der Waals surface area contributed by atoms with Gasteiger partial charge in [0.25, 0.3) is 11.8 Å². The molecule has 5 rings (SSSR count). The monoisotopic (exact) mass is 718 g/mol. The molecule has 3 heterocycles. The molecule has 4 amide bonds. The Balaban J connectivity index is 1.21. The van der Waals surface area contributed by atoms with Gasteiger partial charge in [0, 0.05) is 44.5 Å². The first-order valence-electron chi connectivity index (χ1n) is 15.6. The molecule has 2 aliphatic heterocycles. The number of anilines is 1. The first-order chi connectivity index (χ1) is 23.5. The lowest BCUT2D eigenvalue weighted by Crippen LogP contribution is -2.57. The summed E-state index contributed by atoms with van der Waals surface area (Å²) in [6.45, 7) is 5.14. The molecule has 2 aromatic carbocycles. The molecule has 17 heteroatoms. The number of imidazole rings is 1. The average molecular weight is 719 g/mol. The Kier molecular flexibility index (Phi) is 10.4. The quantitative estimate of drug-likeness (QED) is 0.347. The highest BCUT2D eigenvalue weighted by Crippen LogP contribution is 2.31.